The molecule has 0 unspecified atom stereocenters. The minimum atomic E-state index is -0.241. The number of carbonyl (C=O) groups is 2. The third-order valence-corrected chi connectivity index (χ3v) is 6.17. The van der Waals surface area contributed by atoms with Gasteiger partial charge in [-0.1, -0.05) is 24.3 Å². The van der Waals surface area contributed by atoms with Crippen LogP contribution in [0.2, 0.25) is 0 Å². The summed E-state index contributed by atoms with van der Waals surface area (Å²) in [6.07, 6.45) is 4.43. The summed E-state index contributed by atoms with van der Waals surface area (Å²) in [6, 6.07) is 13.3. The minimum absolute atomic E-state index is 0.0294. The molecular weight excluding hydrogens is 418 g/mol. The van der Waals surface area contributed by atoms with E-state index in [1.165, 1.54) is 0 Å². The van der Waals surface area contributed by atoms with Crippen molar-refractivity contribution in [3.8, 4) is 0 Å². The SMILES string of the molecule is Cc1cccn2cc(C(=O)N3CC[C@@H](c4cc(C(=O)NCCO)c5ccccc5n4)C3)nc12. The number of imidazole rings is 1. The van der Waals surface area contributed by atoms with Crippen LogP contribution in [0.15, 0.2) is 54.9 Å². The third kappa shape index (κ3) is 3.93. The average Bonchev–Trinajstić information content (AvgIpc) is 3.50. The van der Waals surface area contributed by atoms with E-state index in [-0.39, 0.29) is 30.9 Å². The molecule has 0 radical (unpaired) electrons. The van der Waals surface area contributed by atoms with Crippen molar-refractivity contribution in [3.63, 3.8) is 0 Å². The molecule has 168 valence electrons. The Hall–Kier alpha value is -3.78. The van der Waals surface area contributed by atoms with Gasteiger partial charge in [0.25, 0.3) is 11.8 Å². The van der Waals surface area contributed by atoms with Gasteiger partial charge in [-0.3, -0.25) is 14.6 Å². The summed E-state index contributed by atoms with van der Waals surface area (Å²) in [5.74, 6) is -0.307. The van der Waals surface area contributed by atoms with Crippen LogP contribution >= 0.6 is 0 Å². The van der Waals surface area contributed by atoms with Gasteiger partial charge in [-0.15, -0.1) is 0 Å². The van der Waals surface area contributed by atoms with E-state index in [2.05, 4.69) is 10.3 Å². The number of rotatable bonds is 5. The number of hydrogen-bond acceptors (Lipinski definition) is 5. The van der Waals surface area contributed by atoms with Crippen molar-refractivity contribution in [1.29, 1.82) is 0 Å². The number of para-hydroxylation sites is 1. The fourth-order valence-electron chi connectivity index (χ4n) is 4.46. The van der Waals surface area contributed by atoms with E-state index < -0.39 is 0 Å². The van der Waals surface area contributed by atoms with E-state index in [1.807, 2.05) is 64.9 Å². The first-order valence-corrected chi connectivity index (χ1v) is 11.1. The number of aromatic nitrogens is 3. The highest BCUT2D eigenvalue weighted by molar-refractivity contribution is 6.06. The molecule has 33 heavy (non-hydrogen) atoms. The summed E-state index contributed by atoms with van der Waals surface area (Å²) in [7, 11) is 0. The molecule has 0 saturated carbocycles. The number of pyridine rings is 2. The van der Waals surface area contributed by atoms with Crippen LogP contribution < -0.4 is 5.32 Å². The summed E-state index contributed by atoms with van der Waals surface area (Å²) >= 11 is 0. The van der Waals surface area contributed by atoms with E-state index in [1.54, 1.807) is 6.20 Å². The number of aliphatic hydroxyl groups excluding tert-OH is 1. The highest BCUT2D eigenvalue weighted by Gasteiger charge is 2.31. The van der Waals surface area contributed by atoms with Crippen molar-refractivity contribution in [3.05, 3.63) is 77.4 Å². The summed E-state index contributed by atoms with van der Waals surface area (Å²) in [5, 5.41) is 12.6. The van der Waals surface area contributed by atoms with Crippen LogP contribution in [0.1, 0.15) is 44.4 Å². The van der Waals surface area contributed by atoms with Gasteiger partial charge in [0.05, 0.1) is 17.7 Å². The van der Waals surface area contributed by atoms with Crippen molar-refractivity contribution in [2.45, 2.75) is 19.3 Å². The summed E-state index contributed by atoms with van der Waals surface area (Å²) in [4.78, 5) is 37.0. The monoisotopic (exact) mass is 443 g/mol. The molecule has 3 aromatic heterocycles. The number of nitrogens with one attached hydrogen (secondary N) is 1. The van der Waals surface area contributed by atoms with E-state index in [4.69, 9.17) is 10.1 Å². The second-order valence-corrected chi connectivity index (χ2v) is 8.38. The maximum Gasteiger partial charge on any atom is 0.274 e. The van der Waals surface area contributed by atoms with Crippen LogP contribution in [-0.2, 0) is 0 Å². The van der Waals surface area contributed by atoms with Gasteiger partial charge in [0.15, 0.2) is 0 Å². The zero-order chi connectivity index (χ0) is 22.9. The van der Waals surface area contributed by atoms with Crippen LogP contribution in [0.5, 0.6) is 0 Å². The average molecular weight is 444 g/mol. The maximum absolute atomic E-state index is 13.2. The lowest BCUT2D eigenvalue weighted by atomic mass is 9.99. The van der Waals surface area contributed by atoms with Crippen molar-refractivity contribution >= 4 is 28.4 Å². The van der Waals surface area contributed by atoms with Gasteiger partial charge in [-0.05, 0) is 37.1 Å². The molecular formula is C25H25N5O3. The van der Waals surface area contributed by atoms with Gasteiger partial charge in [0, 0.05) is 49.0 Å². The van der Waals surface area contributed by atoms with E-state index >= 15 is 0 Å². The lowest BCUT2D eigenvalue weighted by molar-refractivity contribution is 0.0785. The normalized spacial score (nSPS) is 15.9. The van der Waals surface area contributed by atoms with Crippen LogP contribution in [0.25, 0.3) is 16.6 Å². The summed E-state index contributed by atoms with van der Waals surface area (Å²) in [6.45, 7) is 3.17. The number of fused-ring (bicyclic) bond motifs is 2. The number of benzene rings is 1. The summed E-state index contributed by atoms with van der Waals surface area (Å²) in [5.41, 5.74) is 4.30. The Kier molecular flexibility index (Phi) is 5.51. The first kappa shape index (κ1) is 21.1. The summed E-state index contributed by atoms with van der Waals surface area (Å²) < 4.78 is 1.87. The Morgan fingerprint density at radius 1 is 1.18 bits per heavy atom. The van der Waals surface area contributed by atoms with Crippen molar-refractivity contribution in [2.75, 3.05) is 26.2 Å². The molecule has 0 spiro atoms. The quantitative estimate of drug-likeness (QED) is 0.494. The largest absolute Gasteiger partial charge is 0.395 e. The highest BCUT2D eigenvalue weighted by Crippen LogP contribution is 2.30. The Morgan fingerprint density at radius 2 is 2.03 bits per heavy atom. The van der Waals surface area contributed by atoms with Crippen LogP contribution in [0.3, 0.4) is 0 Å². The number of carbonyl (C=O) groups excluding carboxylic acids is 2. The molecule has 1 atom stereocenters. The first-order valence-electron chi connectivity index (χ1n) is 11.1. The maximum atomic E-state index is 13.2. The zero-order valence-corrected chi connectivity index (χ0v) is 18.4. The Morgan fingerprint density at radius 3 is 2.85 bits per heavy atom. The predicted molar refractivity (Wildman–Crippen MR) is 124 cm³/mol. The molecule has 2 N–H and O–H groups in total. The van der Waals surface area contributed by atoms with Gasteiger partial charge < -0.3 is 19.7 Å². The fourth-order valence-corrected chi connectivity index (χ4v) is 4.46. The predicted octanol–water partition coefficient (Wildman–Crippen LogP) is 2.54. The molecule has 1 saturated heterocycles. The number of likely N-dealkylation sites (tertiary alicyclic amines) is 1. The Labute approximate surface area is 190 Å². The van der Waals surface area contributed by atoms with Gasteiger partial charge in [0.2, 0.25) is 0 Å². The number of hydrogen-bond donors (Lipinski definition) is 2. The standard InChI is InChI=1S/C25H25N5O3/c1-16-5-4-10-29-15-22(28-23(16)29)25(33)30-11-8-17(14-30)21-13-19(24(32)26-9-12-31)18-6-2-3-7-20(18)27-21/h2-7,10,13,15,17,31H,8-9,11-12,14H2,1H3,(H,26,32)/t17-/m1/s1. The molecule has 4 heterocycles. The lowest BCUT2D eigenvalue weighted by Gasteiger charge is -2.16. The second kappa shape index (κ2) is 8.63. The van der Waals surface area contributed by atoms with Gasteiger partial charge in [-0.2, -0.15) is 0 Å². The van der Waals surface area contributed by atoms with Crippen LogP contribution in [0, 0.1) is 6.92 Å². The van der Waals surface area contributed by atoms with E-state index in [9.17, 15) is 9.59 Å². The smallest absolute Gasteiger partial charge is 0.274 e. The van der Waals surface area contributed by atoms with Crippen molar-refractivity contribution in [2.24, 2.45) is 0 Å². The fraction of sp³-hybridized carbons (Fsp3) is 0.280. The third-order valence-electron chi connectivity index (χ3n) is 6.17. The molecule has 4 aromatic rings. The lowest BCUT2D eigenvalue weighted by Crippen LogP contribution is -2.29. The van der Waals surface area contributed by atoms with Crippen LogP contribution in [-0.4, -0.2) is 62.4 Å². The molecule has 1 aliphatic heterocycles. The number of amides is 2. The minimum Gasteiger partial charge on any atom is -0.395 e. The highest BCUT2D eigenvalue weighted by atomic mass is 16.3. The number of aliphatic hydroxyl groups is 1. The first-order chi connectivity index (χ1) is 16.0. The van der Waals surface area contributed by atoms with Crippen molar-refractivity contribution in [1.82, 2.24) is 24.6 Å². The molecule has 2 amide bonds. The van der Waals surface area contributed by atoms with E-state index in [0.29, 0.717) is 24.3 Å². The second-order valence-electron chi connectivity index (χ2n) is 8.38. The molecule has 1 aromatic carbocycles. The number of nitrogens with zero attached hydrogens (tertiary/aromatic N) is 4. The van der Waals surface area contributed by atoms with Crippen molar-refractivity contribution < 1.29 is 14.7 Å². The molecule has 8 nitrogen and oxygen atoms in total. The number of aryl methyl sites for hydroxylation is 1. The van der Waals surface area contributed by atoms with E-state index in [0.717, 1.165) is 34.2 Å². The zero-order valence-electron chi connectivity index (χ0n) is 18.4. The Bertz CT molecular complexity index is 1360. The topological polar surface area (TPSA) is 99.8 Å². The molecule has 5 rings (SSSR count). The molecule has 8 heteroatoms. The molecule has 0 bridgehead atoms. The molecule has 1 fully saturated rings. The van der Waals surface area contributed by atoms with Gasteiger partial charge >= 0.3 is 0 Å². The van der Waals surface area contributed by atoms with Gasteiger partial charge in [-0.25, -0.2) is 4.98 Å². The molecule has 1 aliphatic rings. The van der Waals surface area contributed by atoms with Gasteiger partial charge in [0.1, 0.15) is 11.3 Å². The molecule has 0 aliphatic carbocycles. The van der Waals surface area contributed by atoms with Crippen LogP contribution in [0.4, 0.5) is 0 Å². The Balaban J connectivity index is 1.41.